The van der Waals surface area contributed by atoms with E-state index in [2.05, 4.69) is 52.0 Å². The zero-order chi connectivity index (χ0) is 21.1. The number of carbonyl (C=O) groups is 1. The number of hydrogen-bond donors (Lipinski definition) is 1. The first-order chi connectivity index (χ1) is 14.5. The Hall–Kier alpha value is -2.63. The maximum atomic E-state index is 13.2. The zero-order valence-corrected chi connectivity index (χ0v) is 18.6. The van der Waals surface area contributed by atoms with E-state index in [0.717, 1.165) is 30.7 Å². The predicted octanol–water partition coefficient (Wildman–Crippen LogP) is 5.08. The second kappa shape index (κ2) is 8.62. The van der Waals surface area contributed by atoms with Crippen molar-refractivity contribution in [3.8, 4) is 16.2 Å². The lowest BCUT2D eigenvalue weighted by molar-refractivity contribution is 0.0929. The molecule has 1 aliphatic rings. The summed E-state index contributed by atoms with van der Waals surface area (Å²) >= 11 is 1.73. The topological polar surface area (TPSA) is 41.6 Å². The van der Waals surface area contributed by atoms with E-state index in [0.29, 0.717) is 12.2 Å². The van der Waals surface area contributed by atoms with Gasteiger partial charge in [-0.05, 0) is 80.2 Å². The molecule has 1 amide bonds. The van der Waals surface area contributed by atoms with Crippen LogP contribution in [0.25, 0.3) is 10.4 Å². The Balaban J connectivity index is 1.51. The van der Waals surface area contributed by atoms with Crippen molar-refractivity contribution in [1.82, 2.24) is 10.2 Å². The molecule has 1 fully saturated rings. The van der Waals surface area contributed by atoms with Gasteiger partial charge in [-0.1, -0.05) is 30.3 Å². The molecule has 0 bridgehead atoms. The Bertz CT molecular complexity index is 1020. The Morgan fingerprint density at radius 3 is 2.67 bits per heavy atom. The van der Waals surface area contributed by atoms with E-state index in [1.165, 1.54) is 16.0 Å². The molecule has 0 spiro atoms. The molecule has 4 rings (SSSR count). The average molecular weight is 421 g/mol. The molecule has 4 nitrogen and oxygen atoms in total. The molecule has 0 saturated heterocycles. The van der Waals surface area contributed by atoms with Crippen LogP contribution in [-0.4, -0.2) is 38.1 Å². The predicted molar refractivity (Wildman–Crippen MR) is 123 cm³/mol. The summed E-state index contributed by atoms with van der Waals surface area (Å²) in [5, 5.41) is 5.41. The number of amides is 1. The van der Waals surface area contributed by atoms with Crippen molar-refractivity contribution in [2.24, 2.45) is 0 Å². The summed E-state index contributed by atoms with van der Waals surface area (Å²) in [5.41, 5.74) is 3.75. The fraction of sp³-hybridized carbons (Fsp3) is 0.320. The van der Waals surface area contributed by atoms with Crippen molar-refractivity contribution in [2.75, 3.05) is 27.2 Å². The van der Waals surface area contributed by atoms with Gasteiger partial charge in [0, 0.05) is 17.0 Å². The third-order valence-electron chi connectivity index (χ3n) is 5.58. The van der Waals surface area contributed by atoms with Crippen molar-refractivity contribution in [1.29, 1.82) is 0 Å². The second-order valence-electron chi connectivity index (χ2n) is 8.22. The summed E-state index contributed by atoms with van der Waals surface area (Å²) in [6.45, 7) is 3.39. The van der Waals surface area contributed by atoms with Crippen molar-refractivity contribution >= 4 is 17.2 Å². The van der Waals surface area contributed by atoms with E-state index in [1.807, 2.05) is 39.2 Å². The number of likely N-dealkylation sites (N-methyl/N-ethyl adjacent to an activating group) is 1. The van der Waals surface area contributed by atoms with Crippen LogP contribution in [0, 0.1) is 6.92 Å². The molecular weight excluding hydrogens is 392 g/mol. The first-order valence-electron chi connectivity index (χ1n) is 10.3. The molecule has 1 aromatic heterocycles. The molecule has 0 atom stereocenters. The smallest absolute Gasteiger partial charge is 0.252 e. The fourth-order valence-corrected chi connectivity index (χ4v) is 4.31. The van der Waals surface area contributed by atoms with Gasteiger partial charge in [0.25, 0.3) is 5.91 Å². The fourth-order valence-electron chi connectivity index (χ4n) is 3.59. The first-order valence-corrected chi connectivity index (χ1v) is 11.2. The summed E-state index contributed by atoms with van der Waals surface area (Å²) in [6.07, 6.45) is 1.93. The maximum absolute atomic E-state index is 13.2. The summed E-state index contributed by atoms with van der Waals surface area (Å²) in [5.74, 6) is 0.696. The molecule has 30 heavy (non-hydrogen) atoms. The molecule has 1 heterocycles. The Morgan fingerprint density at radius 1 is 1.13 bits per heavy atom. The third kappa shape index (κ3) is 4.58. The number of rotatable bonds is 8. The van der Waals surface area contributed by atoms with Crippen molar-refractivity contribution in [2.45, 2.75) is 25.3 Å². The van der Waals surface area contributed by atoms with Crippen LogP contribution in [-0.2, 0) is 5.54 Å². The van der Waals surface area contributed by atoms with Crippen LogP contribution in [0.2, 0.25) is 0 Å². The quantitative estimate of drug-likeness (QED) is 0.552. The lowest BCUT2D eigenvalue weighted by Crippen LogP contribution is -2.35. The molecule has 1 N–H and O–H groups in total. The Kier molecular flexibility index (Phi) is 5.93. The Labute approximate surface area is 182 Å². The minimum absolute atomic E-state index is 0.0374. The SMILES string of the molecule is Cc1ccc(OCCN(C)C)cc1C(=O)NC1(c2cccc(-c3cccs3)c2)CC1. The van der Waals surface area contributed by atoms with Gasteiger partial charge in [-0.15, -0.1) is 11.3 Å². The molecular formula is C25H28N2O2S. The number of nitrogens with zero attached hydrogens (tertiary/aromatic N) is 1. The monoisotopic (exact) mass is 420 g/mol. The van der Waals surface area contributed by atoms with Crippen molar-refractivity contribution in [3.63, 3.8) is 0 Å². The van der Waals surface area contributed by atoms with Crippen molar-refractivity contribution < 1.29 is 9.53 Å². The van der Waals surface area contributed by atoms with Gasteiger partial charge in [0.05, 0.1) is 5.54 Å². The number of nitrogens with one attached hydrogen (secondary N) is 1. The van der Waals surface area contributed by atoms with Crippen molar-refractivity contribution in [3.05, 3.63) is 76.7 Å². The third-order valence-corrected chi connectivity index (χ3v) is 6.50. The van der Waals surface area contributed by atoms with Gasteiger partial charge in [0.2, 0.25) is 0 Å². The number of ether oxygens (including phenoxy) is 1. The molecule has 0 radical (unpaired) electrons. The molecule has 5 heteroatoms. The molecule has 2 aromatic carbocycles. The highest BCUT2D eigenvalue weighted by atomic mass is 32.1. The van der Waals surface area contributed by atoms with Crippen LogP contribution in [0.15, 0.2) is 60.0 Å². The van der Waals surface area contributed by atoms with Gasteiger partial charge in [-0.25, -0.2) is 0 Å². The van der Waals surface area contributed by atoms with E-state index in [9.17, 15) is 4.79 Å². The normalized spacial score (nSPS) is 14.5. The number of aryl methyl sites for hydroxylation is 1. The number of hydrogen-bond acceptors (Lipinski definition) is 4. The largest absolute Gasteiger partial charge is 0.492 e. The van der Waals surface area contributed by atoms with Crippen LogP contribution in [0.1, 0.15) is 34.3 Å². The van der Waals surface area contributed by atoms with E-state index < -0.39 is 0 Å². The molecule has 0 unspecified atom stereocenters. The minimum Gasteiger partial charge on any atom is -0.492 e. The van der Waals surface area contributed by atoms with E-state index in [1.54, 1.807) is 11.3 Å². The summed E-state index contributed by atoms with van der Waals surface area (Å²) in [6, 6.07) is 18.5. The highest BCUT2D eigenvalue weighted by Crippen LogP contribution is 2.46. The first kappa shape index (κ1) is 20.6. The summed E-state index contributed by atoms with van der Waals surface area (Å²) < 4.78 is 5.83. The molecule has 3 aromatic rings. The van der Waals surface area contributed by atoms with Crippen LogP contribution in [0.4, 0.5) is 0 Å². The van der Waals surface area contributed by atoms with Crippen LogP contribution in [0.5, 0.6) is 5.75 Å². The molecule has 1 aliphatic carbocycles. The van der Waals surface area contributed by atoms with Gasteiger partial charge >= 0.3 is 0 Å². The van der Waals surface area contributed by atoms with Gasteiger partial charge in [-0.3, -0.25) is 4.79 Å². The van der Waals surface area contributed by atoms with Crippen LogP contribution < -0.4 is 10.1 Å². The molecule has 156 valence electrons. The Morgan fingerprint density at radius 2 is 1.97 bits per heavy atom. The lowest BCUT2D eigenvalue weighted by Gasteiger charge is -2.20. The maximum Gasteiger partial charge on any atom is 0.252 e. The van der Waals surface area contributed by atoms with Gasteiger partial charge in [0.1, 0.15) is 12.4 Å². The van der Waals surface area contributed by atoms with E-state index in [4.69, 9.17) is 4.74 Å². The van der Waals surface area contributed by atoms with Gasteiger partial charge in [-0.2, -0.15) is 0 Å². The number of carbonyl (C=O) groups excluding carboxylic acids is 1. The van der Waals surface area contributed by atoms with Gasteiger partial charge < -0.3 is 15.0 Å². The standard InChI is InChI=1S/C25H28N2O2S/c1-18-9-10-21(29-14-13-27(2)3)17-22(18)24(28)26-25(11-12-25)20-7-4-6-19(16-20)23-8-5-15-30-23/h4-10,15-17H,11-14H2,1-3H3,(H,26,28). The summed E-state index contributed by atoms with van der Waals surface area (Å²) in [7, 11) is 4.03. The molecule has 0 aliphatic heterocycles. The van der Waals surface area contributed by atoms with Crippen LogP contribution in [0.3, 0.4) is 0 Å². The minimum atomic E-state index is -0.265. The highest BCUT2D eigenvalue weighted by molar-refractivity contribution is 7.13. The van der Waals surface area contributed by atoms with E-state index in [-0.39, 0.29) is 11.4 Å². The number of thiophene rings is 1. The zero-order valence-electron chi connectivity index (χ0n) is 17.8. The van der Waals surface area contributed by atoms with E-state index >= 15 is 0 Å². The van der Waals surface area contributed by atoms with Gasteiger partial charge in [0.15, 0.2) is 0 Å². The number of benzene rings is 2. The lowest BCUT2D eigenvalue weighted by atomic mass is 10.00. The second-order valence-corrected chi connectivity index (χ2v) is 9.17. The highest BCUT2D eigenvalue weighted by Gasteiger charge is 2.46. The summed E-state index contributed by atoms with van der Waals surface area (Å²) in [4.78, 5) is 16.5. The van der Waals surface area contributed by atoms with Crippen LogP contribution >= 0.6 is 11.3 Å². The average Bonchev–Trinajstić information content (AvgIpc) is 3.30. The molecule has 1 saturated carbocycles.